The fourth-order valence-corrected chi connectivity index (χ4v) is 4.69. The molecule has 0 radical (unpaired) electrons. The largest absolute Gasteiger partial charge is 0.508 e. The Labute approximate surface area is 150 Å². The third-order valence-corrected chi connectivity index (χ3v) is 6.22. The predicted octanol–water partition coefficient (Wildman–Crippen LogP) is 3.90. The second-order valence-corrected chi connectivity index (χ2v) is 8.66. The summed E-state index contributed by atoms with van der Waals surface area (Å²) in [5, 5.41) is 32.2. The summed E-state index contributed by atoms with van der Waals surface area (Å²) < 4.78 is 6.28. The molecule has 0 saturated heterocycles. The maximum Gasteiger partial charge on any atom is 0.127 e. The zero-order valence-electron chi connectivity index (χ0n) is 15.9. The number of aromatic hydroxyl groups is 1. The van der Waals surface area contributed by atoms with Crippen molar-refractivity contribution in [1.82, 2.24) is 0 Å². The number of rotatable bonds is 4. The number of fused-ring (bicyclic) bond motifs is 3. The van der Waals surface area contributed by atoms with Crippen LogP contribution in [0, 0.1) is 5.92 Å². The van der Waals surface area contributed by atoms with E-state index >= 15 is 0 Å². The number of benzene rings is 1. The first kappa shape index (κ1) is 18.5. The van der Waals surface area contributed by atoms with Gasteiger partial charge in [0, 0.05) is 17.4 Å². The van der Waals surface area contributed by atoms with Crippen LogP contribution in [0.4, 0.5) is 0 Å². The van der Waals surface area contributed by atoms with Gasteiger partial charge >= 0.3 is 0 Å². The molecule has 4 heteroatoms. The SMILES string of the molecule is CCCCCc1cc(O)c2c(c1)OC(C)(C)[C@@H]1CC[C@@](C)(O)[C@@H](O)[C@@H]21. The van der Waals surface area contributed by atoms with Crippen molar-refractivity contribution in [3.63, 3.8) is 0 Å². The van der Waals surface area contributed by atoms with Crippen molar-refractivity contribution in [2.75, 3.05) is 0 Å². The fraction of sp³-hybridized carbons (Fsp3) is 0.714. The molecule has 140 valence electrons. The van der Waals surface area contributed by atoms with Crippen LogP contribution in [0.2, 0.25) is 0 Å². The maximum absolute atomic E-state index is 10.9. The standard InChI is InChI=1S/C21H32O4/c1-5-6-7-8-13-11-15(22)18-16(12-13)25-20(2,3)14-9-10-21(4,24)19(23)17(14)18/h11-12,14,17,19,22-24H,5-10H2,1-4H3/t14-,17-,19+,21-/m1/s1. The molecular weight excluding hydrogens is 316 g/mol. The van der Waals surface area contributed by atoms with Gasteiger partial charge in [-0.25, -0.2) is 0 Å². The lowest BCUT2D eigenvalue weighted by Crippen LogP contribution is -2.57. The van der Waals surface area contributed by atoms with Crippen LogP contribution in [0.3, 0.4) is 0 Å². The van der Waals surface area contributed by atoms with E-state index in [4.69, 9.17) is 4.74 Å². The number of phenols is 1. The topological polar surface area (TPSA) is 69.9 Å². The highest BCUT2D eigenvalue weighted by molar-refractivity contribution is 5.52. The van der Waals surface area contributed by atoms with Crippen LogP contribution < -0.4 is 4.74 Å². The number of hydrogen-bond acceptors (Lipinski definition) is 4. The predicted molar refractivity (Wildman–Crippen MR) is 98.1 cm³/mol. The van der Waals surface area contributed by atoms with E-state index in [0.717, 1.165) is 37.7 Å². The highest BCUT2D eigenvalue weighted by Gasteiger charge is 2.55. The van der Waals surface area contributed by atoms with Crippen LogP contribution in [-0.2, 0) is 6.42 Å². The van der Waals surface area contributed by atoms with Crippen LogP contribution in [0.1, 0.15) is 76.8 Å². The molecule has 25 heavy (non-hydrogen) atoms. The molecule has 1 aliphatic heterocycles. The molecule has 1 aliphatic carbocycles. The minimum atomic E-state index is -1.14. The van der Waals surface area contributed by atoms with Crippen molar-refractivity contribution >= 4 is 0 Å². The number of unbranched alkanes of at least 4 members (excludes halogenated alkanes) is 2. The average Bonchev–Trinajstić information content (AvgIpc) is 2.50. The van der Waals surface area contributed by atoms with E-state index in [-0.39, 0.29) is 17.6 Å². The van der Waals surface area contributed by atoms with E-state index in [9.17, 15) is 15.3 Å². The van der Waals surface area contributed by atoms with Crippen LogP contribution in [0.25, 0.3) is 0 Å². The lowest BCUT2D eigenvalue weighted by Gasteiger charge is -2.53. The van der Waals surface area contributed by atoms with E-state index in [2.05, 4.69) is 6.92 Å². The second kappa shape index (κ2) is 6.48. The summed E-state index contributed by atoms with van der Waals surface area (Å²) in [6.07, 6.45) is 4.70. The van der Waals surface area contributed by atoms with Crippen molar-refractivity contribution in [3.05, 3.63) is 23.3 Å². The van der Waals surface area contributed by atoms with E-state index in [1.54, 1.807) is 6.92 Å². The Morgan fingerprint density at radius 2 is 1.92 bits per heavy atom. The molecule has 1 heterocycles. The zero-order chi connectivity index (χ0) is 18.4. The summed E-state index contributed by atoms with van der Waals surface area (Å²) >= 11 is 0. The number of hydrogen-bond donors (Lipinski definition) is 3. The van der Waals surface area contributed by atoms with Gasteiger partial charge in [0.1, 0.15) is 17.1 Å². The molecule has 4 nitrogen and oxygen atoms in total. The summed E-state index contributed by atoms with van der Waals surface area (Å²) in [6, 6.07) is 3.82. The van der Waals surface area contributed by atoms with E-state index < -0.39 is 17.3 Å². The van der Waals surface area contributed by atoms with Gasteiger partial charge in [-0.1, -0.05) is 19.8 Å². The number of aryl methyl sites for hydroxylation is 1. The molecule has 0 amide bonds. The minimum absolute atomic E-state index is 0.0621. The Hall–Kier alpha value is -1.26. The molecule has 0 spiro atoms. The number of ether oxygens (including phenoxy) is 1. The first-order chi connectivity index (χ1) is 11.7. The van der Waals surface area contributed by atoms with Gasteiger partial charge in [-0.15, -0.1) is 0 Å². The average molecular weight is 348 g/mol. The van der Waals surface area contributed by atoms with Crippen LogP contribution in [0.5, 0.6) is 11.5 Å². The molecule has 1 saturated carbocycles. The lowest BCUT2D eigenvalue weighted by atomic mass is 9.61. The maximum atomic E-state index is 10.9. The molecule has 1 aromatic rings. The van der Waals surface area contributed by atoms with Crippen molar-refractivity contribution in [3.8, 4) is 11.5 Å². The van der Waals surface area contributed by atoms with Gasteiger partial charge in [0.15, 0.2) is 0 Å². The summed E-state index contributed by atoms with van der Waals surface area (Å²) in [6.45, 7) is 7.95. The summed E-state index contributed by atoms with van der Waals surface area (Å²) in [7, 11) is 0. The van der Waals surface area contributed by atoms with E-state index in [1.807, 2.05) is 26.0 Å². The van der Waals surface area contributed by atoms with Crippen molar-refractivity contribution in [1.29, 1.82) is 0 Å². The molecule has 1 fully saturated rings. The molecule has 3 rings (SSSR count). The van der Waals surface area contributed by atoms with Gasteiger partial charge < -0.3 is 20.1 Å². The zero-order valence-corrected chi connectivity index (χ0v) is 15.9. The van der Waals surface area contributed by atoms with Gasteiger partial charge in [0.2, 0.25) is 0 Å². The Balaban J connectivity index is 2.02. The Morgan fingerprint density at radius 3 is 2.60 bits per heavy atom. The van der Waals surface area contributed by atoms with Gasteiger partial charge in [-0.3, -0.25) is 0 Å². The van der Waals surface area contributed by atoms with Gasteiger partial charge in [-0.05, 0) is 64.2 Å². The first-order valence-corrected chi connectivity index (χ1v) is 9.62. The molecule has 0 unspecified atom stereocenters. The number of aliphatic hydroxyl groups is 2. The molecule has 1 aromatic carbocycles. The molecule has 0 bridgehead atoms. The van der Waals surface area contributed by atoms with Crippen LogP contribution in [0.15, 0.2) is 12.1 Å². The fourth-order valence-electron chi connectivity index (χ4n) is 4.69. The summed E-state index contributed by atoms with van der Waals surface area (Å²) in [5.74, 6) is 0.597. The highest BCUT2D eigenvalue weighted by atomic mass is 16.5. The normalized spacial score (nSPS) is 33.3. The van der Waals surface area contributed by atoms with Crippen LogP contribution in [-0.4, -0.2) is 32.6 Å². The Morgan fingerprint density at radius 1 is 1.20 bits per heavy atom. The van der Waals surface area contributed by atoms with Crippen molar-refractivity contribution in [2.24, 2.45) is 5.92 Å². The summed E-state index contributed by atoms with van der Waals surface area (Å²) in [5.41, 5.74) is 0.147. The molecule has 3 N–H and O–H groups in total. The van der Waals surface area contributed by atoms with Crippen molar-refractivity contribution < 1.29 is 20.1 Å². The number of phenolic OH excluding ortho intramolecular Hbond substituents is 1. The van der Waals surface area contributed by atoms with Gasteiger partial charge in [0.25, 0.3) is 0 Å². The van der Waals surface area contributed by atoms with Gasteiger partial charge in [0.05, 0.1) is 11.7 Å². The summed E-state index contributed by atoms with van der Waals surface area (Å²) in [4.78, 5) is 0. The third-order valence-electron chi connectivity index (χ3n) is 6.22. The highest BCUT2D eigenvalue weighted by Crippen LogP contribution is 2.56. The lowest BCUT2D eigenvalue weighted by molar-refractivity contribution is -0.144. The molecule has 0 aromatic heterocycles. The van der Waals surface area contributed by atoms with Gasteiger partial charge in [-0.2, -0.15) is 0 Å². The van der Waals surface area contributed by atoms with Crippen LogP contribution >= 0.6 is 0 Å². The van der Waals surface area contributed by atoms with Crippen molar-refractivity contribution in [2.45, 2.75) is 89.4 Å². The smallest absolute Gasteiger partial charge is 0.127 e. The van der Waals surface area contributed by atoms with E-state index in [1.165, 1.54) is 0 Å². The quantitative estimate of drug-likeness (QED) is 0.722. The van der Waals surface area contributed by atoms with E-state index in [0.29, 0.717) is 17.7 Å². The minimum Gasteiger partial charge on any atom is -0.508 e. The number of aliphatic hydroxyl groups excluding tert-OH is 1. The third kappa shape index (κ3) is 3.26. The second-order valence-electron chi connectivity index (χ2n) is 8.66. The first-order valence-electron chi connectivity index (χ1n) is 9.62. The molecule has 4 atom stereocenters. The Bertz CT molecular complexity index is 635. The molecular formula is C21H32O4. The monoisotopic (exact) mass is 348 g/mol. The Kier molecular flexibility index (Phi) is 4.80. The molecule has 2 aliphatic rings.